The van der Waals surface area contributed by atoms with E-state index in [2.05, 4.69) is 10.0 Å². The zero-order chi connectivity index (χ0) is 20.5. The van der Waals surface area contributed by atoms with Gasteiger partial charge in [0.1, 0.15) is 11.5 Å². The van der Waals surface area contributed by atoms with E-state index in [4.69, 9.17) is 11.6 Å². The Labute approximate surface area is 166 Å². The number of nitro groups is 1. The van der Waals surface area contributed by atoms with Crippen LogP contribution >= 0.6 is 11.6 Å². The Hall–Kier alpha value is -2.43. The zero-order valence-corrected chi connectivity index (χ0v) is 16.4. The number of nitrogens with one attached hydrogen (secondary N) is 2. The average Bonchev–Trinajstić information content (AvgIpc) is 3.12. The van der Waals surface area contributed by atoms with Gasteiger partial charge in [0.25, 0.3) is 5.69 Å². The lowest BCUT2D eigenvalue weighted by atomic mass is 10.2. The average molecular weight is 429 g/mol. The highest BCUT2D eigenvalue weighted by molar-refractivity contribution is 7.89. The molecular formula is C17H18ClFN4O4S. The van der Waals surface area contributed by atoms with Gasteiger partial charge in [-0.2, -0.15) is 0 Å². The molecule has 0 bridgehead atoms. The maximum atomic E-state index is 13.3. The number of benzene rings is 2. The minimum Gasteiger partial charge on any atom is -0.375 e. The first-order valence-electron chi connectivity index (χ1n) is 8.40. The third-order valence-electron chi connectivity index (χ3n) is 4.56. The van der Waals surface area contributed by atoms with Gasteiger partial charge in [0, 0.05) is 30.9 Å². The van der Waals surface area contributed by atoms with Crippen molar-refractivity contribution in [3.63, 3.8) is 0 Å². The third-order valence-corrected chi connectivity index (χ3v) is 6.26. The molecule has 8 nitrogen and oxygen atoms in total. The fourth-order valence-electron chi connectivity index (χ4n) is 3.08. The van der Waals surface area contributed by atoms with E-state index in [0.29, 0.717) is 19.5 Å². The molecule has 2 aromatic carbocycles. The Kier molecular flexibility index (Phi) is 5.73. The summed E-state index contributed by atoms with van der Waals surface area (Å²) in [5.74, 6) is -0.494. The summed E-state index contributed by atoms with van der Waals surface area (Å²) in [5.41, 5.74) is 0.685. The van der Waals surface area contributed by atoms with E-state index in [1.807, 2.05) is 4.90 Å². The molecule has 1 unspecified atom stereocenters. The standard InChI is InChI=1S/C17H18ClFN4O4S/c1-20-28(26,27)13-3-5-16(17(9-13)23(24)25)21-11-6-7-22(10-11)12-2-4-15(19)14(18)8-12/h2-5,8-9,11,20-21H,6-7,10H2,1H3. The summed E-state index contributed by atoms with van der Waals surface area (Å²) in [6.07, 6.45) is 0.697. The molecule has 1 aliphatic rings. The summed E-state index contributed by atoms with van der Waals surface area (Å²) in [4.78, 5) is 12.6. The number of sulfonamides is 1. The summed E-state index contributed by atoms with van der Waals surface area (Å²) >= 11 is 5.83. The monoisotopic (exact) mass is 428 g/mol. The molecular weight excluding hydrogens is 411 g/mol. The van der Waals surface area contributed by atoms with Crippen LogP contribution in [0.1, 0.15) is 6.42 Å². The molecule has 2 aromatic rings. The van der Waals surface area contributed by atoms with Gasteiger partial charge in [0.15, 0.2) is 0 Å². The summed E-state index contributed by atoms with van der Waals surface area (Å²) in [5, 5.41) is 14.5. The number of anilines is 2. The molecule has 2 N–H and O–H groups in total. The number of nitro benzene ring substituents is 1. The van der Waals surface area contributed by atoms with Crippen molar-refractivity contribution in [2.24, 2.45) is 0 Å². The van der Waals surface area contributed by atoms with Gasteiger partial charge in [-0.05, 0) is 43.8 Å². The summed E-state index contributed by atoms with van der Waals surface area (Å²) in [6, 6.07) is 8.09. The molecule has 1 saturated heterocycles. The van der Waals surface area contributed by atoms with Gasteiger partial charge in [-0.15, -0.1) is 0 Å². The van der Waals surface area contributed by atoms with Crippen LogP contribution in [-0.2, 0) is 10.0 Å². The van der Waals surface area contributed by atoms with Gasteiger partial charge in [-0.3, -0.25) is 10.1 Å². The smallest absolute Gasteiger partial charge is 0.293 e. The van der Waals surface area contributed by atoms with Crippen LogP contribution in [0, 0.1) is 15.9 Å². The first kappa shape index (κ1) is 20.3. The van der Waals surface area contributed by atoms with Crippen molar-refractivity contribution >= 4 is 38.7 Å². The third kappa shape index (κ3) is 4.18. The lowest BCUT2D eigenvalue weighted by Gasteiger charge is -2.20. The van der Waals surface area contributed by atoms with Crippen LogP contribution in [0.4, 0.5) is 21.5 Å². The molecule has 0 saturated carbocycles. The van der Waals surface area contributed by atoms with E-state index in [-0.39, 0.29) is 27.3 Å². The molecule has 0 radical (unpaired) electrons. The SMILES string of the molecule is CNS(=O)(=O)c1ccc(NC2CCN(c3ccc(F)c(Cl)c3)C2)c([N+](=O)[O-])c1. The van der Waals surface area contributed by atoms with Crippen LogP contribution in [-0.4, -0.2) is 39.5 Å². The fourth-order valence-corrected chi connectivity index (χ4v) is 4.01. The second-order valence-electron chi connectivity index (χ2n) is 6.32. The van der Waals surface area contributed by atoms with Crippen LogP contribution in [0.25, 0.3) is 0 Å². The largest absolute Gasteiger partial charge is 0.375 e. The first-order chi connectivity index (χ1) is 13.2. The van der Waals surface area contributed by atoms with Crippen LogP contribution in [0.5, 0.6) is 0 Å². The zero-order valence-electron chi connectivity index (χ0n) is 14.9. The van der Waals surface area contributed by atoms with Crippen molar-refractivity contribution in [3.05, 3.63) is 57.4 Å². The van der Waals surface area contributed by atoms with Gasteiger partial charge in [0.05, 0.1) is 14.8 Å². The molecule has 3 rings (SSSR count). The highest BCUT2D eigenvalue weighted by Crippen LogP contribution is 2.31. The molecule has 150 valence electrons. The van der Waals surface area contributed by atoms with Crippen molar-refractivity contribution in [1.82, 2.24) is 4.72 Å². The van der Waals surface area contributed by atoms with E-state index in [0.717, 1.165) is 11.8 Å². The molecule has 0 spiro atoms. The Morgan fingerprint density at radius 2 is 2.04 bits per heavy atom. The fraction of sp³-hybridized carbons (Fsp3) is 0.294. The van der Waals surface area contributed by atoms with E-state index in [1.165, 1.54) is 25.2 Å². The molecule has 28 heavy (non-hydrogen) atoms. The normalized spacial score (nSPS) is 17.0. The first-order valence-corrected chi connectivity index (χ1v) is 10.3. The Bertz CT molecular complexity index is 1020. The summed E-state index contributed by atoms with van der Waals surface area (Å²) in [7, 11) is -2.55. The predicted octanol–water partition coefficient (Wildman–Crippen LogP) is 2.99. The molecule has 0 aromatic heterocycles. The molecule has 0 aliphatic carbocycles. The van der Waals surface area contributed by atoms with Crippen molar-refractivity contribution in [3.8, 4) is 0 Å². The molecule has 0 amide bonds. The van der Waals surface area contributed by atoms with Crippen LogP contribution in [0.2, 0.25) is 5.02 Å². The predicted molar refractivity (Wildman–Crippen MR) is 105 cm³/mol. The molecule has 1 fully saturated rings. The van der Waals surface area contributed by atoms with Gasteiger partial charge in [0.2, 0.25) is 10.0 Å². The maximum Gasteiger partial charge on any atom is 0.293 e. The van der Waals surface area contributed by atoms with Gasteiger partial charge >= 0.3 is 0 Å². The summed E-state index contributed by atoms with van der Waals surface area (Å²) < 4.78 is 39.2. The number of hydrogen-bond acceptors (Lipinski definition) is 6. The topological polar surface area (TPSA) is 105 Å². The Balaban J connectivity index is 1.78. The van der Waals surface area contributed by atoms with Crippen molar-refractivity contribution < 1.29 is 17.7 Å². The molecule has 1 heterocycles. The molecule has 1 aliphatic heterocycles. The van der Waals surface area contributed by atoms with Crippen molar-refractivity contribution in [2.45, 2.75) is 17.4 Å². The Morgan fingerprint density at radius 3 is 2.68 bits per heavy atom. The minimum absolute atomic E-state index is 0.0332. The second kappa shape index (κ2) is 7.90. The number of halogens is 2. The summed E-state index contributed by atoms with van der Waals surface area (Å²) in [6.45, 7) is 1.20. The van der Waals surface area contributed by atoms with Gasteiger partial charge in [-0.25, -0.2) is 17.5 Å². The number of rotatable bonds is 6. The van der Waals surface area contributed by atoms with E-state index in [9.17, 15) is 22.9 Å². The van der Waals surface area contributed by atoms with E-state index < -0.39 is 20.8 Å². The van der Waals surface area contributed by atoms with Crippen LogP contribution in [0.15, 0.2) is 41.3 Å². The molecule has 1 atom stereocenters. The lowest BCUT2D eigenvalue weighted by molar-refractivity contribution is -0.384. The van der Waals surface area contributed by atoms with Crippen molar-refractivity contribution in [2.75, 3.05) is 30.4 Å². The quantitative estimate of drug-likeness (QED) is 0.541. The van der Waals surface area contributed by atoms with E-state index in [1.54, 1.807) is 12.1 Å². The van der Waals surface area contributed by atoms with Crippen LogP contribution < -0.4 is 14.9 Å². The van der Waals surface area contributed by atoms with Gasteiger partial charge < -0.3 is 10.2 Å². The lowest BCUT2D eigenvalue weighted by Crippen LogP contribution is -2.26. The number of hydrogen-bond donors (Lipinski definition) is 2. The Morgan fingerprint density at radius 1 is 1.29 bits per heavy atom. The van der Waals surface area contributed by atoms with Crippen molar-refractivity contribution in [1.29, 1.82) is 0 Å². The van der Waals surface area contributed by atoms with Crippen LogP contribution in [0.3, 0.4) is 0 Å². The molecule has 11 heteroatoms. The highest BCUT2D eigenvalue weighted by Gasteiger charge is 2.27. The number of nitrogens with zero attached hydrogens (tertiary/aromatic N) is 2. The second-order valence-corrected chi connectivity index (χ2v) is 8.61. The van der Waals surface area contributed by atoms with E-state index >= 15 is 0 Å². The maximum absolute atomic E-state index is 13.3. The minimum atomic E-state index is -3.78. The highest BCUT2D eigenvalue weighted by atomic mass is 35.5. The van der Waals surface area contributed by atoms with Gasteiger partial charge in [-0.1, -0.05) is 11.6 Å².